The Morgan fingerprint density at radius 1 is 1.26 bits per heavy atom. The van der Waals surface area contributed by atoms with Gasteiger partial charge in [-0.3, -0.25) is 5.73 Å². The first kappa shape index (κ1) is 12.3. The highest BCUT2D eigenvalue weighted by molar-refractivity contribution is 5.41. The Morgan fingerprint density at radius 2 is 2.00 bits per heavy atom. The highest BCUT2D eigenvalue weighted by Crippen LogP contribution is 2.41. The van der Waals surface area contributed by atoms with Gasteiger partial charge in [0.15, 0.2) is 5.76 Å². The lowest BCUT2D eigenvalue weighted by Crippen LogP contribution is -2.34. The molecule has 1 aromatic carbocycles. The second-order valence-electron chi connectivity index (χ2n) is 5.83. The normalized spacial score (nSPS) is 24.8. The third-order valence-electron chi connectivity index (χ3n) is 3.27. The molecule has 2 aliphatic heterocycles. The topological polar surface area (TPSA) is 50.8 Å². The summed E-state index contributed by atoms with van der Waals surface area (Å²) < 4.78 is 5.99. The van der Waals surface area contributed by atoms with Crippen molar-refractivity contribution in [3.05, 3.63) is 53.9 Å². The molecule has 19 heavy (non-hydrogen) atoms. The van der Waals surface area contributed by atoms with Gasteiger partial charge in [0.1, 0.15) is 5.75 Å². The van der Waals surface area contributed by atoms with E-state index in [1.165, 1.54) is 0 Å². The maximum Gasteiger partial charge on any atom is 0.301 e. The third kappa shape index (κ3) is 2.03. The van der Waals surface area contributed by atoms with Crippen molar-refractivity contribution < 1.29 is 9.57 Å². The molecule has 1 unspecified atom stereocenters. The van der Waals surface area contributed by atoms with Crippen LogP contribution in [-0.4, -0.2) is 10.9 Å². The van der Waals surface area contributed by atoms with Crippen molar-refractivity contribution in [2.45, 2.75) is 32.0 Å². The van der Waals surface area contributed by atoms with Crippen LogP contribution in [0.2, 0.25) is 0 Å². The molecule has 0 spiro atoms. The highest BCUT2D eigenvalue weighted by atomic mass is 16.9. The summed E-state index contributed by atoms with van der Waals surface area (Å²) in [7, 11) is 0. The molecular formula is C15H18N2O2. The van der Waals surface area contributed by atoms with Gasteiger partial charge in [-0.1, -0.05) is 39.0 Å². The number of rotatable bonds is 2. The minimum atomic E-state index is -0.931. The van der Waals surface area contributed by atoms with Crippen molar-refractivity contribution in [1.82, 2.24) is 5.06 Å². The zero-order chi connectivity index (χ0) is 13.7. The van der Waals surface area contributed by atoms with Crippen molar-refractivity contribution >= 4 is 0 Å². The molecule has 100 valence electrons. The largest absolute Gasteiger partial charge is 0.455 e. The van der Waals surface area contributed by atoms with Gasteiger partial charge in [0, 0.05) is 11.8 Å². The summed E-state index contributed by atoms with van der Waals surface area (Å²) in [6, 6.07) is 8.00. The summed E-state index contributed by atoms with van der Waals surface area (Å²) >= 11 is 0. The smallest absolute Gasteiger partial charge is 0.301 e. The lowest BCUT2D eigenvalue weighted by molar-refractivity contribution is 0.228. The number of ether oxygens (including phenoxy) is 1. The van der Waals surface area contributed by atoms with Crippen molar-refractivity contribution in [3.8, 4) is 5.75 Å². The summed E-state index contributed by atoms with van der Waals surface area (Å²) in [5.41, 5.74) is 7.21. The number of hydroxylamine groups is 2. The van der Waals surface area contributed by atoms with Crippen molar-refractivity contribution in [2.24, 2.45) is 5.73 Å². The Hall–Kier alpha value is -1.78. The SMILES string of the molecule is CC(C)(C)c1ccccc1OC1=CC=CN2OC12N. The molecule has 2 N–H and O–H groups in total. The molecule has 2 aliphatic rings. The number of para-hydroxylation sites is 1. The number of fused-ring (bicyclic) bond motifs is 1. The molecule has 0 amide bonds. The van der Waals surface area contributed by atoms with E-state index in [2.05, 4.69) is 26.8 Å². The summed E-state index contributed by atoms with van der Waals surface area (Å²) in [6.45, 7) is 6.47. The van der Waals surface area contributed by atoms with E-state index in [4.69, 9.17) is 15.3 Å². The lowest BCUT2D eigenvalue weighted by Gasteiger charge is -2.24. The number of benzene rings is 1. The minimum absolute atomic E-state index is 0.00746. The Labute approximate surface area is 113 Å². The molecular weight excluding hydrogens is 240 g/mol. The molecule has 0 saturated carbocycles. The Kier molecular flexibility index (Phi) is 2.49. The molecule has 2 heterocycles. The molecule has 1 atom stereocenters. The lowest BCUT2D eigenvalue weighted by atomic mass is 9.86. The number of hydrogen-bond donors (Lipinski definition) is 1. The van der Waals surface area contributed by atoms with Crippen molar-refractivity contribution in [2.75, 3.05) is 0 Å². The van der Waals surface area contributed by atoms with E-state index in [9.17, 15) is 0 Å². The maximum absolute atomic E-state index is 6.06. The fourth-order valence-electron chi connectivity index (χ4n) is 2.15. The van der Waals surface area contributed by atoms with Gasteiger partial charge in [-0.05, 0) is 23.6 Å². The number of allylic oxidation sites excluding steroid dienone is 2. The molecule has 1 fully saturated rings. The van der Waals surface area contributed by atoms with Gasteiger partial charge >= 0.3 is 5.85 Å². The Bertz CT molecular complexity index is 572. The van der Waals surface area contributed by atoms with E-state index < -0.39 is 5.85 Å². The molecule has 0 bridgehead atoms. The summed E-state index contributed by atoms with van der Waals surface area (Å²) in [5.74, 6) is 0.489. The van der Waals surface area contributed by atoms with Crippen LogP contribution in [0.15, 0.2) is 48.4 Å². The van der Waals surface area contributed by atoms with Crippen LogP contribution in [0.3, 0.4) is 0 Å². The van der Waals surface area contributed by atoms with E-state index in [1.807, 2.05) is 30.4 Å². The van der Waals surface area contributed by atoms with Crippen LogP contribution < -0.4 is 10.5 Å². The summed E-state index contributed by atoms with van der Waals surface area (Å²) in [5, 5.41) is 1.57. The van der Waals surface area contributed by atoms with Crippen LogP contribution in [0.5, 0.6) is 5.75 Å². The summed E-state index contributed by atoms with van der Waals surface area (Å²) in [6.07, 6.45) is 5.47. The standard InChI is InChI=1S/C15H18N2O2/c1-14(2,3)11-7-4-5-8-12(11)18-13-9-6-10-17-15(13,16)19-17/h4-10H,16H2,1-3H3. The second kappa shape index (κ2) is 3.85. The van der Waals surface area contributed by atoms with Crippen LogP contribution in [0.25, 0.3) is 0 Å². The molecule has 0 radical (unpaired) electrons. The fraction of sp³-hybridized carbons (Fsp3) is 0.333. The van der Waals surface area contributed by atoms with Gasteiger partial charge < -0.3 is 4.74 Å². The van der Waals surface area contributed by atoms with Crippen LogP contribution >= 0.6 is 0 Å². The third-order valence-corrected chi connectivity index (χ3v) is 3.27. The minimum Gasteiger partial charge on any atom is -0.455 e. The van der Waals surface area contributed by atoms with Gasteiger partial charge in [0.05, 0.1) is 0 Å². The Morgan fingerprint density at radius 3 is 2.74 bits per heavy atom. The quantitative estimate of drug-likeness (QED) is 0.828. The first-order chi connectivity index (χ1) is 8.91. The number of nitrogens with two attached hydrogens (primary N) is 1. The van der Waals surface area contributed by atoms with Crippen LogP contribution in [0.4, 0.5) is 0 Å². The van der Waals surface area contributed by atoms with Gasteiger partial charge in [0.2, 0.25) is 0 Å². The molecule has 4 heteroatoms. The van der Waals surface area contributed by atoms with Crippen LogP contribution in [0, 0.1) is 0 Å². The van der Waals surface area contributed by atoms with Gasteiger partial charge in [-0.2, -0.15) is 0 Å². The number of hydrogen-bond acceptors (Lipinski definition) is 4. The van der Waals surface area contributed by atoms with Crippen molar-refractivity contribution in [3.63, 3.8) is 0 Å². The van der Waals surface area contributed by atoms with Crippen molar-refractivity contribution in [1.29, 1.82) is 0 Å². The van der Waals surface area contributed by atoms with E-state index in [0.29, 0.717) is 5.76 Å². The highest BCUT2D eigenvalue weighted by Gasteiger charge is 2.57. The van der Waals surface area contributed by atoms with Crippen LogP contribution in [-0.2, 0) is 10.3 Å². The maximum atomic E-state index is 6.06. The second-order valence-corrected chi connectivity index (χ2v) is 5.83. The van der Waals surface area contributed by atoms with Gasteiger partial charge in [0.25, 0.3) is 0 Å². The average molecular weight is 258 g/mol. The molecule has 1 saturated heterocycles. The monoisotopic (exact) mass is 258 g/mol. The molecule has 3 rings (SSSR count). The average Bonchev–Trinajstić information content (AvgIpc) is 3.02. The van der Waals surface area contributed by atoms with E-state index in [1.54, 1.807) is 11.3 Å². The molecule has 4 nitrogen and oxygen atoms in total. The van der Waals surface area contributed by atoms with Gasteiger partial charge in [-0.15, -0.1) is 0 Å². The van der Waals surface area contributed by atoms with E-state index in [-0.39, 0.29) is 5.41 Å². The zero-order valence-electron chi connectivity index (χ0n) is 11.4. The molecule has 0 aliphatic carbocycles. The van der Waals surface area contributed by atoms with E-state index >= 15 is 0 Å². The predicted molar refractivity (Wildman–Crippen MR) is 72.8 cm³/mol. The zero-order valence-corrected chi connectivity index (χ0v) is 11.4. The number of nitrogens with zero attached hydrogens (tertiary/aromatic N) is 1. The van der Waals surface area contributed by atoms with Crippen LogP contribution in [0.1, 0.15) is 26.3 Å². The first-order valence-corrected chi connectivity index (χ1v) is 6.35. The molecule has 0 aromatic heterocycles. The van der Waals surface area contributed by atoms with E-state index in [0.717, 1.165) is 11.3 Å². The predicted octanol–water partition coefficient (Wildman–Crippen LogP) is 2.63. The fourth-order valence-corrected chi connectivity index (χ4v) is 2.15. The Balaban J connectivity index is 1.93. The van der Waals surface area contributed by atoms with Gasteiger partial charge in [-0.25, -0.2) is 9.90 Å². The molecule has 1 aromatic rings. The first-order valence-electron chi connectivity index (χ1n) is 6.35. The summed E-state index contributed by atoms with van der Waals surface area (Å²) in [4.78, 5) is 5.31.